The third-order valence-electron chi connectivity index (χ3n) is 5.30. The summed E-state index contributed by atoms with van der Waals surface area (Å²) in [7, 11) is 0. The van der Waals surface area contributed by atoms with E-state index in [0.29, 0.717) is 19.6 Å². The molecule has 3 aliphatic rings. The van der Waals surface area contributed by atoms with E-state index in [1.165, 1.54) is 49.3 Å². The van der Waals surface area contributed by atoms with Gasteiger partial charge in [-0.15, -0.1) is 0 Å². The van der Waals surface area contributed by atoms with Crippen LogP contribution in [0.4, 0.5) is 0 Å². The molecule has 0 atom stereocenters. The molecule has 1 amide bonds. The fourth-order valence-electron chi connectivity index (χ4n) is 3.76. The predicted octanol–water partition coefficient (Wildman–Crippen LogP) is 1.63. The highest BCUT2D eigenvalue weighted by atomic mass is 16.5. The van der Waals surface area contributed by atoms with E-state index in [4.69, 9.17) is 4.74 Å². The van der Waals surface area contributed by atoms with Crippen LogP contribution < -0.4 is 10.1 Å². The van der Waals surface area contributed by atoms with E-state index in [0.717, 1.165) is 18.7 Å². The van der Waals surface area contributed by atoms with Crippen LogP contribution in [0.3, 0.4) is 0 Å². The quantitative estimate of drug-likeness (QED) is 0.581. The van der Waals surface area contributed by atoms with Gasteiger partial charge >= 0.3 is 0 Å². The SMILES string of the molecule is CCNC(=O)CCCOc1ccc(C[N+]23CCN(CC2)CC3)cc1. The molecule has 1 aromatic rings. The zero-order valence-corrected chi connectivity index (χ0v) is 14.8. The van der Waals surface area contributed by atoms with Crippen molar-refractivity contribution < 1.29 is 14.0 Å². The second kappa shape index (κ2) is 7.99. The molecule has 132 valence electrons. The number of carbonyl (C=O) groups is 1. The number of nitrogens with zero attached hydrogens (tertiary/aromatic N) is 2. The first-order valence-electron chi connectivity index (χ1n) is 9.25. The third kappa shape index (κ3) is 4.48. The van der Waals surface area contributed by atoms with E-state index >= 15 is 0 Å². The normalized spacial score (nSPS) is 25.5. The summed E-state index contributed by atoms with van der Waals surface area (Å²) in [6.07, 6.45) is 1.28. The molecular formula is C19H30N3O2+. The lowest BCUT2D eigenvalue weighted by Crippen LogP contribution is -2.66. The van der Waals surface area contributed by atoms with E-state index in [1.54, 1.807) is 0 Å². The van der Waals surface area contributed by atoms with Crippen molar-refractivity contribution in [2.75, 3.05) is 52.4 Å². The number of ether oxygens (including phenoxy) is 1. The monoisotopic (exact) mass is 332 g/mol. The minimum Gasteiger partial charge on any atom is -0.494 e. The van der Waals surface area contributed by atoms with Crippen LogP contribution in [0, 0.1) is 0 Å². The molecule has 5 nitrogen and oxygen atoms in total. The van der Waals surface area contributed by atoms with Crippen molar-refractivity contribution in [3.05, 3.63) is 29.8 Å². The van der Waals surface area contributed by atoms with Gasteiger partial charge in [0, 0.05) is 38.2 Å². The number of nitrogens with one attached hydrogen (secondary N) is 1. The summed E-state index contributed by atoms with van der Waals surface area (Å²) in [6.45, 7) is 12.0. The molecular weight excluding hydrogens is 302 g/mol. The molecule has 3 aliphatic heterocycles. The zero-order chi connectivity index (χ0) is 16.8. The molecule has 1 aromatic carbocycles. The maximum absolute atomic E-state index is 11.4. The van der Waals surface area contributed by atoms with E-state index in [-0.39, 0.29) is 5.91 Å². The number of hydrogen-bond donors (Lipinski definition) is 1. The van der Waals surface area contributed by atoms with Crippen LogP contribution in [0.15, 0.2) is 24.3 Å². The zero-order valence-electron chi connectivity index (χ0n) is 14.8. The lowest BCUT2D eigenvalue weighted by atomic mass is 10.1. The fraction of sp³-hybridized carbons (Fsp3) is 0.632. The molecule has 0 aromatic heterocycles. The molecule has 3 fully saturated rings. The largest absolute Gasteiger partial charge is 0.494 e. The van der Waals surface area contributed by atoms with Crippen molar-refractivity contribution in [3.63, 3.8) is 0 Å². The Morgan fingerprint density at radius 3 is 2.46 bits per heavy atom. The molecule has 0 radical (unpaired) electrons. The Bertz CT molecular complexity index is 522. The smallest absolute Gasteiger partial charge is 0.220 e. The Morgan fingerprint density at radius 1 is 1.17 bits per heavy atom. The Morgan fingerprint density at radius 2 is 1.83 bits per heavy atom. The van der Waals surface area contributed by atoms with Crippen molar-refractivity contribution in [2.45, 2.75) is 26.3 Å². The van der Waals surface area contributed by atoms with E-state index in [9.17, 15) is 4.79 Å². The van der Waals surface area contributed by atoms with Gasteiger partial charge in [0.25, 0.3) is 0 Å². The highest BCUT2D eigenvalue weighted by Crippen LogP contribution is 2.24. The van der Waals surface area contributed by atoms with Gasteiger partial charge < -0.3 is 14.5 Å². The van der Waals surface area contributed by atoms with Gasteiger partial charge in [-0.1, -0.05) is 0 Å². The third-order valence-corrected chi connectivity index (χ3v) is 5.30. The summed E-state index contributed by atoms with van der Waals surface area (Å²) in [5.74, 6) is 1.00. The summed E-state index contributed by atoms with van der Waals surface area (Å²) in [4.78, 5) is 14.0. The van der Waals surface area contributed by atoms with Crippen LogP contribution in [0.2, 0.25) is 0 Å². The number of carbonyl (C=O) groups excluding carboxylic acids is 1. The van der Waals surface area contributed by atoms with Crippen molar-refractivity contribution >= 4 is 5.91 Å². The van der Waals surface area contributed by atoms with Crippen LogP contribution in [-0.4, -0.2) is 67.7 Å². The average Bonchev–Trinajstić information content (AvgIpc) is 2.62. The molecule has 2 bridgehead atoms. The van der Waals surface area contributed by atoms with Crippen molar-refractivity contribution in [3.8, 4) is 5.75 Å². The summed E-state index contributed by atoms with van der Waals surface area (Å²) in [5, 5.41) is 2.80. The molecule has 3 heterocycles. The summed E-state index contributed by atoms with van der Waals surface area (Å²) >= 11 is 0. The minimum absolute atomic E-state index is 0.104. The van der Waals surface area contributed by atoms with E-state index in [2.05, 4.69) is 34.5 Å². The van der Waals surface area contributed by atoms with Crippen LogP contribution in [0.5, 0.6) is 5.75 Å². The van der Waals surface area contributed by atoms with Gasteiger partial charge in [-0.3, -0.25) is 9.69 Å². The van der Waals surface area contributed by atoms with Gasteiger partial charge in [-0.25, -0.2) is 0 Å². The lowest BCUT2D eigenvalue weighted by molar-refractivity contribution is -0.953. The molecule has 0 spiro atoms. The lowest BCUT2D eigenvalue weighted by Gasteiger charge is -2.50. The first kappa shape index (κ1) is 17.2. The van der Waals surface area contributed by atoms with Crippen molar-refractivity contribution in [2.24, 2.45) is 0 Å². The van der Waals surface area contributed by atoms with Crippen molar-refractivity contribution in [1.29, 1.82) is 0 Å². The standard InChI is InChI=1S/C19H29N3O2/c1-2-20-19(23)4-3-15-24-18-7-5-17(6-8-18)16-22-12-9-21(10-13-22)11-14-22/h5-8H,2-4,9-16H2,1H3/p+1. The van der Waals surface area contributed by atoms with Crippen LogP contribution >= 0.6 is 0 Å². The molecule has 3 saturated heterocycles. The maximum atomic E-state index is 11.4. The van der Waals surface area contributed by atoms with Gasteiger partial charge in [0.1, 0.15) is 12.3 Å². The minimum atomic E-state index is 0.104. The number of amides is 1. The average molecular weight is 332 g/mol. The topological polar surface area (TPSA) is 41.6 Å². The number of quaternary nitrogens is 1. The van der Waals surface area contributed by atoms with Gasteiger partial charge in [0.15, 0.2) is 0 Å². The molecule has 0 saturated carbocycles. The molecule has 4 rings (SSSR count). The Hall–Kier alpha value is -1.59. The number of fused-ring (bicyclic) bond motifs is 3. The van der Waals surface area contributed by atoms with Gasteiger partial charge in [-0.2, -0.15) is 0 Å². The Kier molecular flexibility index (Phi) is 5.74. The van der Waals surface area contributed by atoms with Gasteiger partial charge in [-0.05, 0) is 37.6 Å². The Balaban J connectivity index is 1.43. The summed E-state index contributed by atoms with van der Waals surface area (Å²) in [6, 6.07) is 8.54. The maximum Gasteiger partial charge on any atom is 0.220 e. The first-order valence-corrected chi connectivity index (χ1v) is 9.25. The highest BCUT2D eigenvalue weighted by molar-refractivity contribution is 5.75. The van der Waals surface area contributed by atoms with Crippen molar-refractivity contribution in [1.82, 2.24) is 10.2 Å². The predicted molar refractivity (Wildman–Crippen MR) is 94.9 cm³/mol. The Labute approximate surface area is 145 Å². The number of benzene rings is 1. The summed E-state index contributed by atoms with van der Waals surface area (Å²) in [5.41, 5.74) is 1.40. The van der Waals surface area contributed by atoms with E-state index < -0.39 is 0 Å². The fourth-order valence-corrected chi connectivity index (χ4v) is 3.76. The number of hydrogen-bond acceptors (Lipinski definition) is 3. The first-order chi connectivity index (χ1) is 11.7. The molecule has 24 heavy (non-hydrogen) atoms. The highest BCUT2D eigenvalue weighted by Gasteiger charge is 2.38. The second-order valence-electron chi connectivity index (χ2n) is 7.06. The van der Waals surface area contributed by atoms with Crippen LogP contribution in [0.1, 0.15) is 25.3 Å². The van der Waals surface area contributed by atoms with Gasteiger partial charge in [0.2, 0.25) is 5.91 Å². The van der Waals surface area contributed by atoms with Crippen LogP contribution in [-0.2, 0) is 11.3 Å². The number of piperazine rings is 3. The molecule has 5 heteroatoms. The van der Waals surface area contributed by atoms with E-state index in [1.807, 2.05) is 6.92 Å². The molecule has 0 unspecified atom stereocenters. The molecule has 0 aliphatic carbocycles. The van der Waals surface area contributed by atoms with Gasteiger partial charge in [0.05, 0.1) is 26.2 Å². The molecule has 1 N–H and O–H groups in total. The van der Waals surface area contributed by atoms with Crippen LogP contribution in [0.25, 0.3) is 0 Å². The summed E-state index contributed by atoms with van der Waals surface area (Å²) < 4.78 is 7.00. The number of rotatable bonds is 8. The second-order valence-corrected chi connectivity index (χ2v) is 7.06.